The molecule has 1 N–H and O–H groups in total. The minimum Gasteiger partial charge on any atom is -0.481 e. The van der Waals surface area contributed by atoms with Crippen LogP contribution in [-0.4, -0.2) is 22.0 Å². The van der Waals surface area contributed by atoms with Gasteiger partial charge in [-0.2, -0.15) is 0 Å². The molecule has 3 rings (SSSR count). The molecule has 0 unspecified atom stereocenters. The molecule has 0 bridgehead atoms. The lowest BCUT2D eigenvalue weighted by molar-refractivity contribution is -0.133. The van der Waals surface area contributed by atoms with Crippen LogP contribution in [0.2, 0.25) is 10.0 Å². The Morgan fingerprint density at radius 1 is 1.35 bits per heavy atom. The second-order valence-electron chi connectivity index (χ2n) is 4.57. The third-order valence-electron chi connectivity index (χ3n) is 3.08. The number of hydrogen-bond acceptors (Lipinski definition) is 4. The van der Waals surface area contributed by atoms with E-state index in [1.54, 1.807) is 24.3 Å². The summed E-state index contributed by atoms with van der Waals surface area (Å²) in [5.74, 6) is -1.63. The van der Waals surface area contributed by atoms with E-state index in [0.717, 1.165) is 11.8 Å². The monoisotopic (exact) mass is 371 g/mol. The molecule has 0 aliphatic carbocycles. The van der Waals surface area contributed by atoms with Gasteiger partial charge >= 0.3 is 5.97 Å². The lowest BCUT2D eigenvalue weighted by atomic mass is 10.1. The molecule has 0 radical (unpaired) electrons. The Hall–Kier alpha value is -1.76. The summed E-state index contributed by atoms with van der Waals surface area (Å²) in [5, 5.41) is 13.5. The number of benzene rings is 2. The number of fused-ring (bicyclic) bond motifs is 1. The molecule has 4 nitrogen and oxygen atoms in total. The Bertz CT molecular complexity index is 913. The molecule has 0 saturated heterocycles. The van der Waals surface area contributed by atoms with Crippen LogP contribution in [0.1, 0.15) is 0 Å². The summed E-state index contributed by atoms with van der Waals surface area (Å²) in [4.78, 5) is 11.1. The van der Waals surface area contributed by atoms with Crippen LogP contribution in [0.25, 0.3) is 22.2 Å². The van der Waals surface area contributed by atoms with Gasteiger partial charge in [0.05, 0.1) is 16.2 Å². The van der Waals surface area contributed by atoms with Crippen LogP contribution >= 0.6 is 35.0 Å². The van der Waals surface area contributed by atoms with Gasteiger partial charge in [0.1, 0.15) is 16.5 Å². The molecular weight excluding hydrogens is 364 g/mol. The number of rotatable bonds is 4. The Morgan fingerprint density at radius 2 is 2.09 bits per heavy atom. The molecule has 0 aliphatic heterocycles. The third kappa shape index (κ3) is 3.02. The van der Waals surface area contributed by atoms with Gasteiger partial charge in [-0.3, -0.25) is 4.79 Å². The topological polar surface area (TPSA) is 63.3 Å². The number of aliphatic carboxylic acids is 1. The van der Waals surface area contributed by atoms with Gasteiger partial charge < -0.3 is 9.63 Å². The number of nitrogens with zero attached hydrogens (tertiary/aromatic N) is 1. The highest BCUT2D eigenvalue weighted by molar-refractivity contribution is 8.00. The first kappa shape index (κ1) is 16.1. The number of thioether (sulfide) groups is 1. The van der Waals surface area contributed by atoms with Gasteiger partial charge in [-0.05, 0) is 18.2 Å². The number of aromatic nitrogens is 1. The maximum atomic E-state index is 14.0. The van der Waals surface area contributed by atoms with Gasteiger partial charge in [0.25, 0.3) is 0 Å². The van der Waals surface area contributed by atoms with Gasteiger partial charge in [-0.15, -0.1) is 11.8 Å². The van der Waals surface area contributed by atoms with Crippen molar-refractivity contribution in [3.05, 3.63) is 46.2 Å². The first-order valence-corrected chi connectivity index (χ1v) is 8.10. The average molecular weight is 372 g/mol. The van der Waals surface area contributed by atoms with E-state index < -0.39 is 11.8 Å². The SMILES string of the molecule is O=C(O)CSc1c(Cl)cc2c(-c3ccccc3F)noc2c1Cl. The highest BCUT2D eigenvalue weighted by Gasteiger charge is 2.21. The summed E-state index contributed by atoms with van der Waals surface area (Å²) in [6.45, 7) is 0. The second-order valence-corrected chi connectivity index (χ2v) is 6.34. The van der Waals surface area contributed by atoms with E-state index >= 15 is 0 Å². The van der Waals surface area contributed by atoms with Crippen molar-refractivity contribution in [2.24, 2.45) is 0 Å². The van der Waals surface area contributed by atoms with Crippen molar-refractivity contribution in [2.75, 3.05) is 5.75 Å². The van der Waals surface area contributed by atoms with E-state index in [1.807, 2.05) is 0 Å². The van der Waals surface area contributed by atoms with E-state index in [0.29, 0.717) is 10.3 Å². The number of halogens is 3. The quantitative estimate of drug-likeness (QED) is 0.645. The fourth-order valence-electron chi connectivity index (χ4n) is 2.10. The number of carboxylic acid groups (broad SMARTS) is 1. The van der Waals surface area contributed by atoms with Crippen molar-refractivity contribution in [2.45, 2.75) is 4.90 Å². The van der Waals surface area contributed by atoms with Crippen molar-refractivity contribution in [1.82, 2.24) is 5.16 Å². The molecule has 0 aliphatic rings. The van der Waals surface area contributed by atoms with Gasteiger partial charge in [-0.1, -0.05) is 40.5 Å². The van der Waals surface area contributed by atoms with Crippen LogP contribution in [0.3, 0.4) is 0 Å². The van der Waals surface area contributed by atoms with E-state index in [2.05, 4.69) is 5.16 Å². The number of carbonyl (C=O) groups is 1. The summed E-state index contributed by atoms with van der Waals surface area (Å²) in [7, 11) is 0. The summed E-state index contributed by atoms with van der Waals surface area (Å²) < 4.78 is 19.2. The number of hydrogen-bond donors (Lipinski definition) is 1. The molecule has 23 heavy (non-hydrogen) atoms. The molecule has 2 aromatic carbocycles. The van der Waals surface area contributed by atoms with Gasteiger partial charge in [-0.25, -0.2) is 4.39 Å². The van der Waals surface area contributed by atoms with Crippen molar-refractivity contribution in [3.63, 3.8) is 0 Å². The zero-order valence-corrected chi connectivity index (χ0v) is 13.7. The Morgan fingerprint density at radius 3 is 2.78 bits per heavy atom. The molecule has 0 fully saturated rings. The standard InChI is InChI=1S/C15H8Cl2FNO3S/c16-9-5-8-13(7-3-1-2-4-10(7)18)19-22-14(8)12(17)15(9)23-6-11(20)21/h1-5H,6H2,(H,20,21). The van der Waals surface area contributed by atoms with Crippen molar-refractivity contribution in [1.29, 1.82) is 0 Å². The maximum Gasteiger partial charge on any atom is 0.313 e. The molecule has 8 heteroatoms. The second kappa shape index (κ2) is 6.39. The smallest absolute Gasteiger partial charge is 0.313 e. The van der Waals surface area contributed by atoms with Crippen LogP contribution in [0.4, 0.5) is 4.39 Å². The van der Waals surface area contributed by atoms with Gasteiger partial charge in [0, 0.05) is 10.5 Å². The first-order valence-electron chi connectivity index (χ1n) is 6.36. The van der Waals surface area contributed by atoms with Crippen LogP contribution < -0.4 is 0 Å². The summed E-state index contributed by atoms with van der Waals surface area (Å²) >= 11 is 13.4. The van der Waals surface area contributed by atoms with E-state index in [1.165, 1.54) is 6.07 Å². The lowest BCUT2D eigenvalue weighted by Gasteiger charge is -2.06. The molecule has 3 aromatic rings. The highest BCUT2D eigenvalue weighted by Crippen LogP contribution is 2.42. The molecule has 1 aromatic heterocycles. The van der Waals surface area contributed by atoms with Gasteiger partial charge in [0.15, 0.2) is 5.58 Å². The molecule has 0 atom stereocenters. The van der Waals surface area contributed by atoms with E-state index in [4.69, 9.17) is 32.8 Å². The third-order valence-corrected chi connectivity index (χ3v) is 5.07. The number of carboxylic acids is 1. The minimum atomic E-state index is -0.994. The maximum absolute atomic E-state index is 14.0. The normalized spacial score (nSPS) is 11.1. The van der Waals surface area contributed by atoms with E-state index in [-0.39, 0.29) is 32.6 Å². The Balaban J connectivity index is 2.16. The predicted molar refractivity (Wildman–Crippen MR) is 87.8 cm³/mol. The van der Waals surface area contributed by atoms with Crippen LogP contribution in [-0.2, 0) is 4.79 Å². The van der Waals surface area contributed by atoms with E-state index in [9.17, 15) is 9.18 Å². The van der Waals surface area contributed by atoms with Crippen molar-refractivity contribution in [3.8, 4) is 11.3 Å². The first-order chi connectivity index (χ1) is 11.0. The average Bonchev–Trinajstić information content (AvgIpc) is 2.91. The highest BCUT2D eigenvalue weighted by atomic mass is 35.5. The van der Waals surface area contributed by atoms with Crippen LogP contribution in [0, 0.1) is 5.82 Å². The zero-order chi connectivity index (χ0) is 16.6. The van der Waals surface area contributed by atoms with Crippen LogP contribution in [0.15, 0.2) is 39.8 Å². The summed E-state index contributed by atoms with van der Waals surface area (Å²) in [6.07, 6.45) is 0. The van der Waals surface area contributed by atoms with Crippen molar-refractivity contribution < 1.29 is 18.8 Å². The zero-order valence-electron chi connectivity index (χ0n) is 11.3. The molecule has 118 valence electrons. The Kier molecular flexibility index (Phi) is 4.48. The van der Waals surface area contributed by atoms with Crippen LogP contribution in [0.5, 0.6) is 0 Å². The molecule has 1 heterocycles. The minimum absolute atomic E-state index is 0.161. The summed E-state index contributed by atoms with van der Waals surface area (Å²) in [6, 6.07) is 7.68. The predicted octanol–water partition coefficient (Wildman–Crippen LogP) is 5.12. The molecule has 0 spiro atoms. The fraction of sp³-hybridized carbons (Fsp3) is 0.0667. The van der Waals surface area contributed by atoms with Crippen molar-refractivity contribution >= 4 is 51.9 Å². The molecule has 0 saturated carbocycles. The molecule has 0 amide bonds. The largest absolute Gasteiger partial charge is 0.481 e. The lowest BCUT2D eigenvalue weighted by Crippen LogP contribution is -1.97. The summed E-state index contributed by atoms with van der Waals surface area (Å²) in [5.41, 5.74) is 0.795. The Labute approximate surface area is 144 Å². The molecular formula is C15H8Cl2FNO3S. The fourth-order valence-corrected chi connectivity index (χ4v) is 3.60. The van der Waals surface area contributed by atoms with Gasteiger partial charge in [0.2, 0.25) is 0 Å².